The minimum Gasteiger partial charge on any atom is -0.480 e. The number of aliphatic carboxylic acids is 1. The summed E-state index contributed by atoms with van der Waals surface area (Å²) in [6.45, 7) is 1.83. The molecule has 0 bridgehead atoms. The highest BCUT2D eigenvalue weighted by atomic mass is 35.5. The normalized spacial score (nSPS) is 12.3. The van der Waals surface area contributed by atoms with Gasteiger partial charge in [-0.1, -0.05) is 48.9 Å². The molecular weight excluding hydrogens is 312 g/mol. The van der Waals surface area contributed by atoms with Crippen molar-refractivity contribution in [2.75, 3.05) is 5.32 Å². The molecule has 5 heteroatoms. The number of hydrogen-bond donors (Lipinski definition) is 3. The van der Waals surface area contributed by atoms with Gasteiger partial charge in [0.1, 0.15) is 6.04 Å². The van der Waals surface area contributed by atoms with Gasteiger partial charge in [-0.25, -0.2) is 4.79 Å². The van der Waals surface area contributed by atoms with Gasteiger partial charge in [-0.3, -0.25) is 0 Å². The predicted octanol–water partition coefficient (Wildman–Crippen LogP) is 4.76. The zero-order valence-electron chi connectivity index (χ0n) is 12.6. The Balaban J connectivity index is 2.08. The Kier molecular flexibility index (Phi) is 4.26. The van der Waals surface area contributed by atoms with E-state index in [1.807, 2.05) is 49.4 Å². The van der Waals surface area contributed by atoms with Crippen molar-refractivity contribution in [1.29, 1.82) is 0 Å². The first-order valence-electron chi connectivity index (χ1n) is 7.45. The lowest BCUT2D eigenvalue weighted by atomic mass is 10.1. The average Bonchev–Trinajstić information content (AvgIpc) is 2.96. The number of aromatic amines is 1. The Labute approximate surface area is 139 Å². The first-order valence-corrected chi connectivity index (χ1v) is 7.83. The van der Waals surface area contributed by atoms with Gasteiger partial charge in [0.2, 0.25) is 0 Å². The highest BCUT2D eigenvalue weighted by Gasteiger charge is 2.17. The fourth-order valence-electron chi connectivity index (χ4n) is 2.62. The molecule has 0 aliphatic rings. The van der Waals surface area contributed by atoms with Gasteiger partial charge in [0, 0.05) is 16.1 Å². The monoisotopic (exact) mass is 328 g/mol. The Hall–Kier alpha value is -2.46. The highest BCUT2D eigenvalue weighted by molar-refractivity contribution is 6.32. The number of halogens is 1. The van der Waals surface area contributed by atoms with E-state index < -0.39 is 12.0 Å². The van der Waals surface area contributed by atoms with Crippen LogP contribution in [-0.2, 0) is 4.79 Å². The van der Waals surface area contributed by atoms with Crippen LogP contribution in [0.4, 0.5) is 5.69 Å². The van der Waals surface area contributed by atoms with Crippen LogP contribution >= 0.6 is 11.6 Å². The summed E-state index contributed by atoms with van der Waals surface area (Å²) in [6, 6.07) is 14.9. The van der Waals surface area contributed by atoms with E-state index in [1.165, 1.54) is 0 Å². The molecule has 3 N–H and O–H groups in total. The van der Waals surface area contributed by atoms with Crippen LogP contribution in [0.15, 0.2) is 48.5 Å². The lowest BCUT2D eigenvalue weighted by molar-refractivity contribution is -0.137. The summed E-state index contributed by atoms with van der Waals surface area (Å²) in [4.78, 5) is 14.6. The number of fused-ring (bicyclic) bond motifs is 1. The molecule has 0 aliphatic heterocycles. The minimum absolute atomic E-state index is 0.482. The molecule has 0 radical (unpaired) electrons. The van der Waals surface area contributed by atoms with E-state index in [4.69, 9.17) is 11.6 Å². The first-order chi connectivity index (χ1) is 11.1. The van der Waals surface area contributed by atoms with Crippen molar-refractivity contribution in [3.05, 3.63) is 53.6 Å². The number of carbonyl (C=O) groups is 1. The molecule has 0 saturated carbocycles. The van der Waals surface area contributed by atoms with Gasteiger partial charge in [-0.15, -0.1) is 0 Å². The Morgan fingerprint density at radius 2 is 2.00 bits per heavy atom. The lowest BCUT2D eigenvalue weighted by Gasteiger charge is -2.14. The van der Waals surface area contributed by atoms with Gasteiger partial charge >= 0.3 is 5.97 Å². The summed E-state index contributed by atoms with van der Waals surface area (Å²) < 4.78 is 0. The summed E-state index contributed by atoms with van der Waals surface area (Å²) >= 11 is 6.18. The zero-order chi connectivity index (χ0) is 16.4. The van der Waals surface area contributed by atoms with Crippen molar-refractivity contribution in [3.63, 3.8) is 0 Å². The van der Waals surface area contributed by atoms with Crippen molar-refractivity contribution < 1.29 is 9.90 Å². The van der Waals surface area contributed by atoms with Gasteiger partial charge in [0.15, 0.2) is 0 Å². The molecule has 0 spiro atoms. The van der Waals surface area contributed by atoms with E-state index in [1.54, 1.807) is 6.07 Å². The molecule has 0 aliphatic carbocycles. The van der Waals surface area contributed by atoms with Crippen LogP contribution in [0.25, 0.3) is 22.2 Å². The van der Waals surface area contributed by atoms with Crippen LogP contribution in [0.1, 0.15) is 13.3 Å². The number of nitrogens with one attached hydrogen (secondary N) is 2. The molecule has 3 aromatic rings. The third-order valence-corrected chi connectivity index (χ3v) is 4.03. The van der Waals surface area contributed by atoms with E-state index in [9.17, 15) is 9.90 Å². The maximum Gasteiger partial charge on any atom is 0.326 e. The summed E-state index contributed by atoms with van der Waals surface area (Å²) in [5.41, 5.74) is 3.59. The second-order valence-corrected chi connectivity index (χ2v) is 5.85. The van der Waals surface area contributed by atoms with E-state index in [-0.39, 0.29) is 0 Å². The highest BCUT2D eigenvalue weighted by Crippen LogP contribution is 2.32. The molecule has 2 aromatic carbocycles. The molecule has 118 valence electrons. The zero-order valence-corrected chi connectivity index (χ0v) is 13.4. The fourth-order valence-corrected chi connectivity index (χ4v) is 2.85. The molecule has 1 aromatic heterocycles. The fraction of sp³-hybridized carbons (Fsp3) is 0.167. The van der Waals surface area contributed by atoms with Crippen LogP contribution in [0, 0.1) is 0 Å². The first kappa shape index (κ1) is 15.4. The van der Waals surface area contributed by atoms with Crippen LogP contribution < -0.4 is 5.32 Å². The van der Waals surface area contributed by atoms with Crippen molar-refractivity contribution in [2.24, 2.45) is 0 Å². The van der Waals surface area contributed by atoms with Crippen molar-refractivity contribution in [1.82, 2.24) is 4.98 Å². The number of rotatable bonds is 5. The SMILES string of the molecule is CCC(Nc1cc(Cl)cc2cc(-c3ccccc3)[nH]c12)C(=O)O. The van der Waals surface area contributed by atoms with Crippen molar-refractivity contribution in [3.8, 4) is 11.3 Å². The maximum absolute atomic E-state index is 11.3. The van der Waals surface area contributed by atoms with Gasteiger partial charge in [0.25, 0.3) is 0 Å². The summed E-state index contributed by atoms with van der Waals surface area (Å²) in [5.74, 6) is -0.879. The maximum atomic E-state index is 11.3. The molecule has 23 heavy (non-hydrogen) atoms. The van der Waals surface area contributed by atoms with Crippen LogP contribution in [-0.4, -0.2) is 22.1 Å². The quantitative estimate of drug-likeness (QED) is 0.632. The Morgan fingerprint density at radius 1 is 1.26 bits per heavy atom. The van der Waals surface area contributed by atoms with Crippen molar-refractivity contribution >= 4 is 34.2 Å². The smallest absolute Gasteiger partial charge is 0.326 e. The number of benzene rings is 2. The van der Waals surface area contributed by atoms with Crippen LogP contribution in [0.5, 0.6) is 0 Å². The Morgan fingerprint density at radius 3 is 2.65 bits per heavy atom. The third kappa shape index (κ3) is 3.17. The predicted molar refractivity (Wildman–Crippen MR) is 94.1 cm³/mol. The molecule has 1 heterocycles. The molecule has 0 fully saturated rings. The van der Waals surface area contributed by atoms with Crippen LogP contribution in [0.3, 0.4) is 0 Å². The van der Waals surface area contributed by atoms with Gasteiger partial charge in [-0.2, -0.15) is 0 Å². The largest absolute Gasteiger partial charge is 0.480 e. The molecule has 3 rings (SSSR count). The van der Waals surface area contributed by atoms with Gasteiger partial charge < -0.3 is 15.4 Å². The van der Waals surface area contributed by atoms with Gasteiger partial charge in [-0.05, 0) is 30.2 Å². The third-order valence-electron chi connectivity index (χ3n) is 3.81. The molecule has 4 nitrogen and oxygen atoms in total. The molecule has 1 unspecified atom stereocenters. The van der Waals surface area contributed by atoms with E-state index in [2.05, 4.69) is 10.3 Å². The average molecular weight is 329 g/mol. The van der Waals surface area contributed by atoms with Crippen LogP contribution in [0.2, 0.25) is 5.02 Å². The summed E-state index contributed by atoms with van der Waals surface area (Å²) in [7, 11) is 0. The summed E-state index contributed by atoms with van der Waals surface area (Å²) in [6.07, 6.45) is 0.482. The lowest BCUT2D eigenvalue weighted by Crippen LogP contribution is -2.28. The molecular formula is C18H17ClN2O2. The number of hydrogen-bond acceptors (Lipinski definition) is 2. The number of anilines is 1. The van der Waals surface area contributed by atoms with E-state index in [0.29, 0.717) is 17.1 Å². The summed E-state index contributed by atoms with van der Waals surface area (Å²) in [5, 5.41) is 13.8. The molecule has 0 saturated heterocycles. The molecule has 1 atom stereocenters. The Bertz CT molecular complexity index is 843. The molecule has 0 amide bonds. The topological polar surface area (TPSA) is 65.1 Å². The van der Waals surface area contributed by atoms with Crippen molar-refractivity contribution in [2.45, 2.75) is 19.4 Å². The van der Waals surface area contributed by atoms with E-state index >= 15 is 0 Å². The number of aromatic nitrogens is 1. The van der Waals surface area contributed by atoms with Gasteiger partial charge in [0.05, 0.1) is 11.2 Å². The number of H-pyrrole nitrogens is 1. The second-order valence-electron chi connectivity index (χ2n) is 5.41. The second kappa shape index (κ2) is 6.34. The van der Waals surface area contributed by atoms with E-state index in [0.717, 1.165) is 22.2 Å². The standard InChI is InChI=1S/C18H17ClN2O2/c1-2-14(18(22)23)20-16-10-13(19)8-12-9-15(21-17(12)16)11-6-4-3-5-7-11/h3-10,14,20-21H,2H2,1H3,(H,22,23). The number of carboxylic acid groups (broad SMARTS) is 1. The number of carboxylic acids is 1. The minimum atomic E-state index is -0.879.